The molecule has 2 rings (SSSR count). The minimum Gasteiger partial charge on any atom is -0.380 e. The van der Waals surface area contributed by atoms with Crippen molar-refractivity contribution in [3.05, 3.63) is 0 Å². The smallest absolute Gasteiger partial charge is 0.191 e. The highest BCUT2D eigenvalue weighted by molar-refractivity contribution is 14.0. The number of morpholine rings is 1. The van der Waals surface area contributed by atoms with Crippen LogP contribution in [-0.4, -0.2) is 76.6 Å². The molecule has 2 aliphatic rings. The zero-order valence-electron chi connectivity index (χ0n) is 13.2. The van der Waals surface area contributed by atoms with Crippen molar-refractivity contribution >= 4 is 29.9 Å². The quantitative estimate of drug-likeness (QED) is 0.379. The summed E-state index contributed by atoms with van der Waals surface area (Å²) in [5.41, 5.74) is 0.229. The van der Waals surface area contributed by atoms with Gasteiger partial charge in [-0.25, -0.2) is 0 Å². The van der Waals surface area contributed by atoms with Crippen molar-refractivity contribution in [2.24, 2.45) is 10.4 Å². The normalized spacial score (nSPS) is 22.1. The summed E-state index contributed by atoms with van der Waals surface area (Å²) in [5, 5.41) is 6.70. The van der Waals surface area contributed by atoms with Gasteiger partial charge in [0.1, 0.15) is 0 Å². The van der Waals surface area contributed by atoms with Gasteiger partial charge >= 0.3 is 0 Å². The van der Waals surface area contributed by atoms with Gasteiger partial charge in [-0.1, -0.05) is 6.92 Å². The number of hydrogen-bond donors (Lipinski definition) is 2. The van der Waals surface area contributed by atoms with E-state index in [0.29, 0.717) is 0 Å². The lowest BCUT2D eigenvalue weighted by molar-refractivity contribution is -0.0945. The first-order valence-corrected chi connectivity index (χ1v) is 7.62. The number of hydrogen-bond acceptors (Lipinski definition) is 4. The van der Waals surface area contributed by atoms with E-state index in [1.54, 1.807) is 0 Å². The van der Waals surface area contributed by atoms with E-state index in [2.05, 4.69) is 34.4 Å². The molecule has 2 fully saturated rings. The van der Waals surface area contributed by atoms with Crippen LogP contribution in [0.4, 0.5) is 0 Å². The van der Waals surface area contributed by atoms with Crippen molar-refractivity contribution < 1.29 is 9.47 Å². The molecule has 2 saturated heterocycles. The zero-order valence-corrected chi connectivity index (χ0v) is 15.5. The van der Waals surface area contributed by atoms with Crippen LogP contribution in [0.1, 0.15) is 13.8 Å². The molecule has 0 aliphatic carbocycles. The number of ether oxygens (including phenoxy) is 2. The van der Waals surface area contributed by atoms with E-state index in [4.69, 9.17) is 9.47 Å². The SMILES string of the molecule is CCNC(=NCC1(C)COC1)NCCN1CCOCC1.I. The third kappa shape index (κ3) is 6.66. The van der Waals surface area contributed by atoms with Crippen LogP contribution >= 0.6 is 24.0 Å². The van der Waals surface area contributed by atoms with Gasteiger partial charge in [0.15, 0.2) is 5.96 Å². The lowest BCUT2D eigenvalue weighted by Gasteiger charge is -2.36. The Labute approximate surface area is 145 Å². The van der Waals surface area contributed by atoms with Crippen LogP contribution in [0.3, 0.4) is 0 Å². The zero-order chi connectivity index (χ0) is 14.3. The van der Waals surface area contributed by atoms with Crippen molar-refractivity contribution in [3.8, 4) is 0 Å². The predicted molar refractivity (Wildman–Crippen MR) is 95.6 cm³/mol. The molecule has 124 valence electrons. The molecule has 0 atom stereocenters. The molecular weight excluding hydrogens is 383 g/mol. The molecule has 0 spiro atoms. The molecule has 0 aromatic carbocycles. The second kappa shape index (κ2) is 9.81. The average Bonchev–Trinajstić information content (AvgIpc) is 2.44. The van der Waals surface area contributed by atoms with Crippen molar-refractivity contribution in [2.45, 2.75) is 13.8 Å². The van der Waals surface area contributed by atoms with Crippen molar-refractivity contribution in [1.29, 1.82) is 0 Å². The average molecular weight is 412 g/mol. The van der Waals surface area contributed by atoms with Gasteiger partial charge in [0.2, 0.25) is 0 Å². The summed E-state index contributed by atoms with van der Waals surface area (Å²) in [6.07, 6.45) is 0. The van der Waals surface area contributed by atoms with Gasteiger partial charge in [-0.15, -0.1) is 24.0 Å². The lowest BCUT2D eigenvalue weighted by Crippen LogP contribution is -2.46. The molecule has 0 aromatic rings. The molecule has 2 heterocycles. The van der Waals surface area contributed by atoms with Crippen molar-refractivity contribution in [2.75, 3.05) is 65.7 Å². The maximum Gasteiger partial charge on any atom is 0.191 e. The summed E-state index contributed by atoms with van der Waals surface area (Å²) in [5.74, 6) is 0.911. The van der Waals surface area contributed by atoms with Crippen LogP contribution in [-0.2, 0) is 9.47 Å². The molecular formula is C14H29IN4O2. The minimum atomic E-state index is 0. The van der Waals surface area contributed by atoms with E-state index in [-0.39, 0.29) is 29.4 Å². The Morgan fingerprint density at radius 3 is 2.48 bits per heavy atom. The van der Waals surface area contributed by atoms with E-state index >= 15 is 0 Å². The first-order chi connectivity index (χ1) is 9.72. The maximum absolute atomic E-state index is 5.35. The van der Waals surface area contributed by atoms with E-state index in [1.807, 2.05) is 0 Å². The van der Waals surface area contributed by atoms with Gasteiger partial charge in [0, 0.05) is 38.1 Å². The molecule has 0 aromatic heterocycles. The molecule has 6 nitrogen and oxygen atoms in total. The number of nitrogens with one attached hydrogen (secondary N) is 2. The molecule has 2 aliphatic heterocycles. The minimum absolute atomic E-state index is 0. The van der Waals surface area contributed by atoms with Crippen LogP contribution in [0.15, 0.2) is 4.99 Å². The third-order valence-electron chi connectivity index (χ3n) is 3.69. The highest BCUT2D eigenvalue weighted by atomic mass is 127. The Hall–Kier alpha value is -0.120. The number of halogens is 1. The van der Waals surface area contributed by atoms with E-state index in [9.17, 15) is 0 Å². The first-order valence-electron chi connectivity index (χ1n) is 7.62. The Morgan fingerprint density at radius 2 is 1.90 bits per heavy atom. The third-order valence-corrected chi connectivity index (χ3v) is 3.69. The second-order valence-electron chi connectivity index (χ2n) is 5.88. The largest absolute Gasteiger partial charge is 0.380 e. The van der Waals surface area contributed by atoms with Crippen molar-refractivity contribution in [1.82, 2.24) is 15.5 Å². The Kier molecular flexibility index (Phi) is 8.84. The molecule has 21 heavy (non-hydrogen) atoms. The van der Waals surface area contributed by atoms with Crippen LogP contribution in [0.5, 0.6) is 0 Å². The fraction of sp³-hybridized carbons (Fsp3) is 0.929. The number of aliphatic imine (C=N–C) groups is 1. The maximum atomic E-state index is 5.35. The fourth-order valence-electron chi connectivity index (χ4n) is 2.31. The van der Waals surface area contributed by atoms with Crippen LogP contribution < -0.4 is 10.6 Å². The Balaban J connectivity index is 0.00000220. The predicted octanol–water partition coefficient (Wildman–Crippen LogP) is 0.528. The summed E-state index contributed by atoms with van der Waals surface area (Å²) < 4.78 is 10.6. The summed E-state index contributed by atoms with van der Waals surface area (Å²) in [6.45, 7) is 13.4. The van der Waals surface area contributed by atoms with E-state index in [1.165, 1.54) is 0 Å². The highest BCUT2D eigenvalue weighted by Crippen LogP contribution is 2.26. The Morgan fingerprint density at radius 1 is 1.19 bits per heavy atom. The summed E-state index contributed by atoms with van der Waals surface area (Å²) in [7, 11) is 0. The van der Waals surface area contributed by atoms with Crippen LogP contribution in [0, 0.1) is 5.41 Å². The molecule has 0 bridgehead atoms. The molecule has 2 N–H and O–H groups in total. The van der Waals surface area contributed by atoms with Gasteiger partial charge in [-0.05, 0) is 6.92 Å². The number of rotatable bonds is 6. The molecule has 0 radical (unpaired) electrons. The Bertz CT molecular complexity index is 318. The summed E-state index contributed by atoms with van der Waals surface area (Å²) in [4.78, 5) is 7.08. The van der Waals surface area contributed by atoms with Gasteiger partial charge in [-0.3, -0.25) is 9.89 Å². The van der Waals surface area contributed by atoms with Crippen LogP contribution in [0.2, 0.25) is 0 Å². The lowest BCUT2D eigenvalue weighted by atomic mass is 9.89. The molecule has 7 heteroatoms. The molecule has 0 unspecified atom stereocenters. The molecule has 0 amide bonds. The van der Waals surface area contributed by atoms with E-state index in [0.717, 1.165) is 71.7 Å². The molecule has 0 saturated carbocycles. The standard InChI is InChI=1S/C14H28N4O2.HI/c1-3-15-13(17-10-14(2)11-20-12-14)16-4-5-18-6-8-19-9-7-18;/h3-12H2,1-2H3,(H2,15,16,17);1H. The summed E-state index contributed by atoms with van der Waals surface area (Å²) in [6, 6.07) is 0. The second-order valence-corrected chi connectivity index (χ2v) is 5.88. The van der Waals surface area contributed by atoms with Gasteiger partial charge in [0.25, 0.3) is 0 Å². The number of nitrogens with zero attached hydrogens (tertiary/aromatic N) is 2. The van der Waals surface area contributed by atoms with Gasteiger partial charge in [-0.2, -0.15) is 0 Å². The fourth-order valence-corrected chi connectivity index (χ4v) is 2.31. The summed E-state index contributed by atoms with van der Waals surface area (Å²) >= 11 is 0. The topological polar surface area (TPSA) is 58.1 Å². The number of guanidine groups is 1. The van der Waals surface area contributed by atoms with Crippen molar-refractivity contribution in [3.63, 3.8) is 0 Å². The van der Waals surface area contributed by atoms with Gasteiger partial charge in [0.05, 0.1) is 33.0 Å². The highest BCUT2D eigenvalue weighted by Gasteiger charge is 2.33. The monoisotopic (exact) mass is 412 g/mol. The van der Waals surface area contributed by atoms with Crippen LogP contribution in [0.25, 0.3) is 0 Å². The van der Waals surface area contributed by atoms with E-state index < -0.39 is 0 Å². The van der Waals surface area contributed by atoms with Gasteiger partial charge < -0.3 is 20.1 Å². The first kappa shape index (κ1) is 18.9.